The summed E-state index contributed by atoms with van der Waals surface area (Å²) in [6.45, 7) is 5.76. The van der Waals surface area contributed by atoms with Crippen LogP contribution < -0.4 is 37.6 Å². The van der Waals surface area contributed by atoms with E-state index < -0.39 is 5.97 Å². The number of likely N-dealkylation sites (N-methyl/N-ethyl adjacent to an activating group) is 2. The number of ether oxygens (including phenoxy) is 2. The molecule has 21 nitrogen and oxygen atoms in total. The van der Waals surface area contributed by atoms with Gasteiger partial charge >= 0.3 is 17.3 Å². The predicted molar refractivity (Wildman–Crippen MR) is 313 cm³/mol. The van der Waals surface area contributed by atoms with Crippen LogP contribution in [0, 0.1) is 11.8 Å². The van der Waals surface area contributed by atoms with E-state index in [1.807, 2.05) is 158 Å². The maximum absolute atomic E-state index is 13.7. The van der Waals surface area contributed by atoms with Gasteiger partial charge in [0.1, 0.15) is 46.7 Å². The summed E-state index contributed by atoms with van der Waals surface area (Å²) in [5.41, 5.74) is 15.5. The second kappa shape index (κ2) is 28.3. The van der Waals surface area contributed by atoms with E-state index in [-0.39, 0.29) is 47.2 Å². The first-order valence-corrected chi connectivity index (χ1v) is 26.2. The molecule has 0 aliphatic carbocycles. The molecule has 0 radical (unpaired) electrons. The van der Waals surface area contributed by atoms with Crippen molar-refractivity contribution in [1.29, 1.82) is 0 Å². The number of anilines is 2. The number of halogens is 1. The maximum atomic E-state index is 13.7. The number of amides is 1. The first kappa shape index (κ1) is 59.0. The van der Waals surface area contributed by atoms with Crippen molar-refractivity contribution in [2.75, 3.05) is 78.9 Å². The Morgan fingerprint density at radius 1 is 0.600 bits per heavy atom. The number of benzene rings is 4. The zero-order valence-electron chi connectivity index (χ0n) is 45.4. The number of nitrogens with two attached hydrogens (primary N) is 2. The minimum atomic E-state index is -0.892. The smallest absolute Gasteiger partial charge is 0.335 e. The van der Waals surface area contributed by atoms with E-state index in [0.717, 1.165) is 62.9 Å². The lowest BCUT2D eigenvalue weighted by Crippen LogP contribution is -2.39. The van der Waals surface area contributed by atoms with Gasteiger partial charge in [-0.05, 0) is 152 Å². The number of rotatable bonds is 16. The van der Waals surface area contributed by atoms with Crippen LogP contribution in [0.4, 0.5) is 11.6 Å². The van der Waals surface area contributed by atoms with Gasteiger partial charge < -0.3 is 46.1 Å². The topological polar surface area (TPSA) is 252 Å². The molecule has 2 saturated heterocycles. The van der Waals surface area contributed by atoms with E-state index in [1.165, 1.54) is 12.7 Å². The van der Waals surface area contributed by atoms with E-state index >= 15 is 0 Å². The summed E-state index contributed by atoms with van der Waals surface area (Å²) in [4.78, 5) is 72.4. The van der Waals surface area contributed by atoms with Crippen molar-refractivity contribution in [2.45, 2.75) is 38.8 Å². The number of imidazole rings is 2. The molecule has 0 unspecified atom stereocenters. The zero-order chi connectivity index (χ0) is 55.8. The van der Waals surface area contributed by atoms with Crippen molar-refractivity contribution < 1.29 is 24.2 Å². The number of hydrogen-bond donors (Lipinski definition) is 4. The molecule has 2 aliphatic rings. The second-order valence-corrected chi connectivity index (χ2v) is 19.8. The molecule has 22 heteroatoms. The highest BCUT2D eigenvalue weighted by atomic mass is 35.5. The number of nitrogens with zero attached hydrogens (tertiary/aromatic N) is 11. The van der Waals surface area contributed by atoms with Crippen molar-refractivity contribution in [2.24, 2.45) is 11.8 Å². The van der Waals surface area contributed by atoms with Gasteiger partial charge in [-0.1, -0.05) is 48.6 Å². The number of carbonyl (C=O) groups excluding carboxylic acids is 1. The zero-order valence-corrected chi connectivity index (χ0v) is 46.2. The van der Waals surface area contributed by atoms with Crippen molar-refractivity contribution in [1.82, 2.24) is 58.2 Å². The molecular formula is C58H69ClN14O7. The lowest BCUT2D eigenvalue weighted by molar-refractivity contribution is -0.131. The van der Waals surface area contributed by atoms with E-state index in [0.29, 0.717) is 83.8 Å². The van der Waals surface area contributed by atoms with Crippen LogP contribution in [0.15, 0.2) is 156 Å². The summed E-state index contributed by atoms with van der Waals surface area (Å²) < 4.78 is 18.3. The molecule has 0 saturated carbocycles. The molecule has 80 heavy (non-hydrogen) atoms. The number of para-hydroxylation sites is 2. The Bertz CT molecular complexity index is 3480. The molecule has 10 rings (SSSR count). The highest BCUT2D eigenvalue weighted by Gasteiger charge is 2.27. The SMILES string of the molecule is CN(C)C/C=C/C(=O)N1CCC(Cn2c(=O)n(-c3ccc(Oc4ccccc4)cc3)c3c(N)ncnc32)CC1.CN(C)C/C=C/C(=O)O.Cl.Nc1ncnc2c1n(-c1ccc(Oc3ccccc3)cc1)c(=O)n2CC1CCNCC1. The number of piperidine rings is 2. The first-order valence-electron chi connectivity index (χ1n) is 26.2. The van der Waals surface area contributed by atoms with Crippen molar-refractivity contribution in [3.8, 4) is 34.4 Å². The van der Waals surface area contributed by atoms with Crippen LogP contribution in [0.25, 0.3) is 33.7 Å². The average Bonchev–Trinajstić information content (AvgIpc) is 3.91. The summed E-state index contributed by atoms with van der Waals surface area (Å²) in [7, 11) is 7.69. The third-order valence-electron chi connectivity index (χ3n) is 13.3. The van der Waals surface area contributed by atoms with Crippen LogP contribution in [-0.2, 0) is 22.7 Å². The van der Waals surface area contributed by atoms with Crippen molar-refractivity contribution in [3.63, 3.8) is 0 Å². The van der Waals surface area contributed by atoms with Crippen LogP contribution >= 0.6 is 12.4 Å². The molecule has 1 amide bonds. The van der Waals surface area contributed by atoms with Gasteiger partial charge in [-0.2, -0.15) is 0 Å². The van der Waals surface area contributed by atoms with Crippen molar-refractivity contribution in [3.05, 3.63) is 167 Å². The van der Waals surface area contributed by atoms with Gasteiger partial charge in [0.2, 0.25) is 5.91 Å². The molecule has 6 N–H and O–H groups in total. The third-order valence-corrected chi connectivity index (χ3v) is 13.3. The summed E-state index contributed by atoms with van der Waals surface area (Å²) >= 11 is 0. The van der Waals surface area contributed by atoms with E-state index in [2.05, 4.69) is 25.3 Å². The lowest BCUT2D eigenvalue weighted by Gasteiger charge is -2.31. The Hall–Kier alpha value is -8.63. The summed E-state index contributed by atoms with van der Waals surface area (Å²) in [6.07, 6.45) is 12.7. The average molecular weight is 1110 g/mol. The molecule has 4 aromatic carbocycles. The molecule has 0 atom stereocenters. The number of carbonyl (C=O) groups is 2. The van der Waals surface area contributed by atoms with Gasteiger partial charge in [0, 0.05) is 51.4 Å². The Kier molecular flexibility index (Phi) is 20.9. The molecule has 0 spiro atoms. The fourth-order valence-electron chi connectivity index (χ4n) is 9.34. The maximum Gasteiger partial charge on any atom is 0.335 e. The quantitative estimate of drug-likeness (QED) is 0.0720. The van der Waals surface area contributed by atoms with E-state index in [1.54, 1.807) is 30.4 Å². The Balaban J connectivity index is 0.000000202. The number of nitrogens with one attached hydrogen (secondary N) is 1. The number of carboxylic acid groups (broad SMARTS) is 1. The predicted octanol–water partition coefficient (Wildman–Crippen LogP) is 6.88. The first-order chi connectivity index (χ1) is 38.2. The molecule has 2 fully saturated rings. The largest absolute Gasteiger partial charge is 0.478 e. The number of carboxylic acids is 1. The van der Waals surface area contributed by atoms with Gasteiger partial charge in [-0.3, -0.25) is 23.1 Å². The number of aliphatic carboxylic acids is 1. The molecule has 6 heterocycles. The third kappa shape index (κ3) is 15.3. The summed E-state index contributed by atoms with van der Waals surface area (Å²) in [5.74, 6) is 3.15. The molecule has 8 aromatic rings. The molecule has 0 bridgehead atoms. The Labute approximate surface area is 469 Å². The fourth-order valence-corrected chi connectivity index (χ4v) is 9.34. The highest BCUT2D eigenvalue weighted by Crippen LogP contribution is 2.29. The Morgan fingerprint density at radius 3 is 1.41 bits per heavy atom. The van der Waals surface area contributed by atoms with Crippen LogP contribution in [0.2, 0.25) is 0 Å². The second-order valence-electron chi connectivity index (χ2n) is 19.8. The van der Waals surface area contributed by atoms with Gasteiger partial charge in [0.25, 0.3) is 0 Å². The van der Waals surface area contributed by atoms with Gasteiger partial charge in [-0.25, -0.2) is 34.3 Å². The van der Waals surface area contributed by atoms with Crippen LogP contribution in [0.3, 0.4) is 0 Å². The van der Waals surface area contributed by atoms with Gasteiger partial charge in [0.05, 0.1) is 11.4 Å². The fraction of sp³-hybridized carbons (Fsp3) is 0.310. The lowest BCUT2D eigenvalue weighted by atomic mass is 9.96. The molecule has 2 aliphatic heterocycles. The van der Waals surface area contributed by atoms with Crippen molar-refractivity contribution >= 4 is 58.2 Å². The minimum absolute atomic E-state index is 0. The van der Waals surface area contributed by atoms with Crippen LogP contribution in [0.5, 0.6) is 23.0 Å². The summed E-state index contributed by atoms with van der Waals surface area (Å²) in [6, 6.07) is 33.7. The number of hydrogen-bond acceptors (Lipinski definition) is 15. The Morgan fingerprint density at radius 2 is 1.00 bits per heavy atom. The van der Waals surface area contributed by atoms with E-state index in [9.17, 15) is 19.2 Å². The number of likely N-dealkylation sites (tertiary alicyclic amines) is 1. The highest BCUT2D eigenvalue weighted by molar-refractivity contribution is 5.88. The summed E-state index contributed by atoms with van der Waals surface area (Å²) in [5, 5.41) is 11.5. The number of aromatic nitrogens is 8. The monoisotopic (exact) mass is 1110 g/mol. The van der Waals surface area contributed by atoms with Crippen LogP contribution in [0.1, 0.15) is 25.7 Å². The normalized spacial score (nSPS) is 14.0. The molecule has 4 aromatic heterocycles. The standard InChI is InChI=1S/C29H33N7O3.C23H24N6O2.C6H11NO2.ClH/c1-33(2)16-6-9-25(37)34-17-14-21(15-18-34)19-35-28-26(27(30)31-20-32-28)36(29(35)38)22-10-12-24(13-11-22)39-23-7-4-3-5-8-23;24-21-20-22(27-15-26-21)28(14-16-10-12-25-13-11-16)23(30)29(20)17-6-8-19(9-7-17)31-18-4-2-1-3-5-18;1-7(2)5-3-4-6(8)9;/h3-13,20-21H,14-19H2,1-2H3,(H2,30,31,32);1-9,15-16,25H,10-14H2,(H2,24,26,27);3-4H,5H2,1-2H3,(H,8,9);1H/b9-6+;;4-3+;. The number of fused-ring (bicyclic) bond motifs is 2. The van der Waals surface area contributed by atoms with E-state index in [4.69, 9.17) is 26.0 Å². The minimum Gasteiger partial charge on any atom is -0.478 e. The van der Waals surface area contributed by atoms with Crippen LogP contribution in [-0.4, -0.2) is 137 Å². The number of nitrogen functional groups attached to an aromatic ring is 2. The molecule has 420 valence electrons. The van der Waals surface area contributed by atoms with Gasteiger partial charge in [-0.15, -0.1) is 12.4 Å². The van der Waals surface area contributed by atoms with Gasteiger partial charge in [0.15, 0.2) is 22.9 Å². The molecular weight excluding hydrogens is 1040 g/mol.